The molecule has 1 aliphatic carbocycles. The van der Waals surface area contributed by atoms with Crippen LogP contribution in [0.5, 0.6) is 0 Å². The first-order valence-electron chi connectivity index (χ1n) is 33.4. The van der Waals surface area contributed by atoms with Gasteiger partial charge in [0.25, 0.3) is 17.6 Å². The summed E-state index contributed by atoms with van der Waals surface area (Å²) in [6.45, 7) is 18.3. The fourth-order valence-corrected chi connectivity index (χ4v) is 13.6. The molecule has 514 valence electrons. The summed E-state index contributed by atoms with van der Waals surface area (Å²) in [5, 5.41) is 29.5. The van der Waals surface area contributed by atoms with Crippen molar-refractivity contribution in [1.82, 2.24) is 35.5 Å². The van der Waals surface area contributed by atoms with Gasteiger partial charge in [-0.1, -0.05) is 71.1 Å². The Labute approximate surface area is 549 Å². The number of anilines is 2. The highest BCUT2D eigenvalue weighted by Crippen LogP contribution is 2.39. The number of amides is 3. The number of carbonyl (C=O) groups excluding carboxylic acids is 6. The van der Waals surface area contributed by atoms with Crippen LogP contribution in [0.3, 0.4) is 0 Å². The molecule has 2 aromatic heterocycles. The fraction of sp³-hybridized carbons (Fsp3) is 0.681. The van der Waals surface area contributed by atoms with Crippen LogP contribution in [0.15, 0.2) is 72.4 Å². The number of piperazine rings is 1. The van der Waals surface area contributed by atoms with Crippen LogP contribution in [-0.2, 0) is 58.9 Å². The number of ether oxygens (including phenoxy) is 7. The zero-order valence-electron chi connectivity index (χ0n) is 56.7. The quantitative estimate of drug-likeness (QED) is 0.0825. The molecule has 6 heterocycles. The Kier molecular flexibility index (Phi) is 28.0. The smallest absolute Gasteiger partial charge is 0.407 e. The van der Waals surface area contributed by atoms with Crippen molar-refractivity contribution in [2.45, 2.75) is 200 Å². The summed E-state index contributed by atoms with van der Waals surface area (Å²) in [4.78, 5) is 107. The average Bonchev–Trinajstić information content (AvgIpc) is 0.785. The topological polar surface area (TPSA) is 293 Å². The van der Waals surface area contributed by atoms with Crippen molar-refractivity contribution >= 4 is 47.3 Å². The van der Waals surface area contributed by atoms with Crippen molar-refractivity contribution in [1.29, 1.82) is 0 Å². The van der Waals surface area contributed by atoms with E-state index < -0.39 is 96.2 Å². The van der Waals surface area contributed by atoms with E-state index in [-0.39, 0.29) is 61.3 Å². The maximum atomic E-state index is 14.9. The van der Waals surface area contributed by atoms with Crippen molar-refractivity contribution in [3.05, 3.63) is 83.5 Å². The first-order chi connectivity index (χ1) is 44.5. The number of hydrogen-bond acceptors (Lipinski definition) is 21. The van der Waals surface area contributed by atoms with E-state index in [4.69, 9.17) is 33.2 Å². The van der Waals surface area contributed by atoms with Gasteiger partial charge in [0.2, 0.25) is 17.7 Å². The van der Waals surface area contributed by atoms with E-state index in [0.717, 1.165) is 5.57 Å². The number of cyclic esters (lactones) is 1. The van der Waals surface area contributed by atoms with Crippen LogP contribution in [0, 0.1) is 35.5 Å². The molecule has 16 atom stereocenters. The molecular weight excluding hydrogens is 1190 g/mol. The number of alkyl carbamates (subject to hydrolysis) is 1. The first-order valence-corrected chi connectivity index (χ1v) is 33.4. The Morgan fingerprint density at radius 2 is 1.41 bits per heavy atom. The lowest BCUT2D eigenvalue weighted by Crippen LogP contribution is -2.61. The minimum atomic E-state index is -2.45. The van der Waals surface area contributed by atoms with Gasteiger partial charge in [0.1, 0.15) is 30.5 Å². The molecule has 24 heteroatoms. The summed E-state index contributed by atoms with van der Waals surface area (Å²) in [7, 11) is 6.16. The van der Waals surface area contributed by atoms with Crippen LogP contribution < -0.4 is 20.4 Å². The number of aromatic nitrogens is 4. The maximum absolute atomic E-state index is 14.9. The van der Waals surface area contributed by atoms with Gasteiger partial charge >= 0.3 is 12.1 Å². The number of esters is 1. The molecule has 2 aromatic rings. The predicted octanol–water partition coefficient (Wildman–Crippen LogP) is 7.22. The van der Waals surface area contributed by atoms with Crippen LogP contribution >= 0.6 is 0 Å². The van der Waals surface area contributed by atoms with Crippen LogP contribution in [-0.4, -0.2) is 199 Å². The SMILES string of the molecule is CCNC(=O)c1cnc(N2CCN(c3ncc(CNC(=O)O[C@@H]4CC[C@@H](C[C@@H](C)[C@@H]5C[C@@H](OC)[C@H](C)/C=C(\C)[C@@H](O)[C@@H](OC)C(=O)[C@H](C)C[C@H](C)/C=C/C=C/C=C(\C)[C@@H](OC)C[C@@H]6CC[C@@H](C)[C@@](O)(O6)C(=O)C(=O)N6CCCC[C@H]6C(=O)O5)C[C@H]4OC)cn3)CC2)nc1. The van der Waals surface area contributed by atoms with E-state index in [1.54, 1.807) is 47.6 Å². The molecule has 7 rings (SSSR count). The standard InChI is InChI=1S/C69H103N9O15/c1-13-70-63(82)51-40-73-67(74-41-51)77-29-27-76(28-30-77)66-71-37-50(38-72-66)39-75-68(85)92-54-25-23-49(34-58(54)89-11)33-45(5)57-36-56(88-10)44(4)32-47(7)60(80)61(90-12)59(79)46(6)31-42(2)19-15-14-16-20-43(3)55(87-9)35-52-24-22-48(8)69(86,93-52)62(81)64(83)78-26-18-17-21-53(78)65(84)91-57/h14-16,19-20,32,37-38,40-42,44-46,48-49,52-58,60-61,80,86H,13,17-18,21-31,33-36,39H2,1-12H3,(H,70,82)(H,75,85)/b16-14+,19-15+,43-20+,47-32+/t42-,44-,45-,46-,48-,49+,52+,53+,54-,55+,56-,57+,58-,60-,61+,69-/m1/s1. The Hall–Kier alpha value is -6.54. The molecule has 0 aromatic carbocycles. The average molecular weight is 1300 g/mol. The van der Waals surface area contributed by atoms with Gasteiger partial charge in [-0.05, 0) is 114 Å². The molecule has 0 spiro atoms. The van der Waals surface area contributed by atoms with Crippen LogP contribution in [0.2, 0.25) is 0 Å². The molecule has 2 bridgehead atoms. The number of ketones is 2. The molecule has 4 fully saturated rings. The second kappa shape index (κ2) is 35.3. The minimum Gasteiger partial charge on any atom is -0.460 e. The van der Waals surface area contributed by atoms with Gasteiger partial charge in [-0.15, -0.1) is 0 Å². The lowest BCUT2D eigenvalue weighted by Gasteiger charge is -2.43. The second-order valence-electron chi connectivity index (χ2n) is 26.2. The van der Waals surface area contributed by atoms with E-state index >= 15 is 0 Å². The Morgan fingerprint density at radius 1 is 0.742 bits per heavy atom. The zero-order chi connectivity index (χ0) is 67.5. The first kappa shape index (κ1) is 73.9. The molecule has 0 radical (unpaired) electrons. The monoisotopic (exact) mass is 1300 g/mol. The van der Waals surface area contributed by atoms with Crippen LogP contribution in [0.25, 0.3) is 0 Å². The summed E-state index contributed by atoms with van der Waals surface area (Å²) in [6, 6.07) is -1.14. The Morgan fingerprint density at radius 3 is 2.04 bits per heavy atom. The number of hydrogen-bond donors (Lipinski definition) is 4. The number of allylic oxidation sites excluding steroid dienone is 5. The number of rotatable bonds is 14. The summed E-state index contributed by atoms with van der Waals surface area (Å²) in [5.41, 5.74) is 2.47. The summed E-state index contributed by atoms with van der Waals surface area (Å²) < 4.78 is 42.6. The molecule has 24 nitrogen and oxygen atoms in total. The Bertz CT molecular complexity index is 2920. The van der Waals surface area contributed by atoms with Crippen molar-refractivity contribution in [2.24, 2.45) is 35.5 Å². The van der Waals surface area contributed by atoms with E-state index in [1.165, 1.54) is 24.4 Å². The highest BCUT2D eigenvalue weighted by atomic mass is 16.6. The predicted molar refractivity (Wildman–Crippen MR) is 349 cm³/mol. The molecule has 5 aliphatic rings. The maximum Gasteiger partial charge on any atom is 0.407 e. The van der Waals surface area contributed by atoms with Gasteiger partial charge in [0, 0.05) is 135 Å². The van der Waals surface area contributed by atoms with E-state index in [1.807, 2.05) is 82.9 Å². The summed E-state index contributed by atoms with van der Waals surface area (Å²) >= 11 is 0. The number of carbonyl (C=O) groups is 6. The number of methoxy groups -OCH3 is 4. The van der Waals surface area contributed by atoms with Gasteiger partial charge in [-0.25, -0.2) is 29.5 Å². The summed E-state index contributed by atoms with van der Waals surface area (Å²) in [6.07, 6.45) is 17.0. The highest BCUT2D eigenvalue weighted by Gasteiger charge is 2.53. The lowest BCUT2D eigenvalue weighted by atomic mass is 9.78. The van der Waals surface area contributed by atoms with E-state index in [9.17, 15) is 39.0 Å². The lowest BCUT2D eigenvalue weighted by molar-refractivity contribution is -0.265. The van der Waals surface area contributed by atoms with Crippen LogP contribution in [0.4, 0.5) is 16.7 Å². The van der Waals surface area contributed by atoms with Crippen molar-refractivity contribution < 1.29 is 72.1 Å². The van der Waals surface area contributed by atoms with Gasteiger partial charge in [-0.3, -0.25) is 19.2 Å². The van der Waals surface area contributed by atoms with Crippen molar-refractivity contribution in [3.63, 3.8) is 0 Å². The fourth-order valence-electron chi connectivity index (χ4n) is 13.6. The van der Waals surface area contributed by atoms with Crippen molar-refractivity contribution in [2.75, 3.05) is 77.5 Å². The number of piperidine rings is 1. The number of nitrogens with zero attached hydrogens (tertiary/aromatic N) is 7. The van der Waals surface area contributed by atoms with Gasteiger partial charge in [0.15, 0.2) is 5.78 Å². The number of nitrogens with one attached hydrogen (secondary N) is 2. The highest BCUT2D eigenvalue weighted by molar-refractivity contribution is 6.39. The number of fused-ring (bicyclic) bond motifs is 3. The molecule has 3 amide bonds. The normalized spacial score (nSPS) is 33.4. The molecule has 93 heavy (non-hydrogen) atoms. The molecule has 0 unspecified atom stereocenters. The van der Waals surface area contributed by atoms with Gasteiger partial charge < -0.3 is 68.7 Å². The van der Waals surface area contributed by atoms with Gasteiger partial charge in [-0.2, -0.15) is 0 Å². The third-order valence-corrected chi connectivity index (χ3v) is 19.4. The molecule has 4 N–H and O–H groups in total. The molecule has 1 saturated carbocycles. The Balaban J connectivity index is 1.03. The van der Waals surface area contributed by atoms with Gasteiger partial charge in [0.05, 0.1) is 30.0 Å². The second-order valence-corrected chi connectivity index (χ2v) is 26.2. The van der Waals surface area contributed by atoms with Crippen molar-refractivity contribution in [3.8, 4) is 0 Å². The third-order valence-electron chi connectivity index (χ3n) is 19.4. The zero-order valence-corrected chi connectivity index (χ0v) is 56.7. The van der Waals surface area contributed by atoms with E-state index in [0.29, 0.717) is 126 Å². The van der Waals surface area contributed by atoms with E-state index in [2.05, 4.69) is 35.5 Å². The molecule has 3 saturated heterocycles. The largest absolute Gasteiger partial charge is 0.460 e. The minimum absolute atomic E-state index is 0.0147. The number of Topliss-reactive ketones (excluding diaryl/α,β-unsaturated/α-hetero) is 2. The summed E-state index contributed by atoms with van der Waals surface area (Å²) in [5.74, 6) is -6.41. The number of aliphatic hydroxyl groups excluding tert-OH is 1. The number of aliphatic hydroxyl groups is 2. The molecular formula is C69H103N9O15. The third kappa shape index (κ3) is 19.8. The molecule has 4 aliphatic heterocycles. The van der Waals surface area contributed by atoms with Crippen LogP contribution in [0.1, 0.15) is 148 Å².